The summed E-state index contributed by atoms with van der Waals surface area (Å²) in [5.41, 5.74) is 13.0. The fourth-order valence-corrected chi connectivity index (χ4v) is 9.05. The SMILES string of the molecule is c1ccc(-c2ccc(N(c3cccc(-c4ccccc4-c4cccc5ccccc45)c3)c3ccccc3-c3ccc4c(c3)sc3ccccc34)cc2)cc1. The van der Waals surface area contributed by atoms with E-state index in [1.165, 1.54) is 75.5 Å². The van der Waals surface area contributed by atoms with Crippen LogP contribution in [-0.2, 0) is 0 Å². The van der Waals surface area contributed by atoms with Crippen LogP contribution in [0.3, 0.4) is 0 Å². The van der Waals surface area contributed by atoms with Crippen molar-refractivity contribution in [3.8, 4) is 44.5 Å². The molecule has 0 saturated carbocycles. The Labute approximate surface area is 319 Å². The van der Waals surface area contributed by atoms with Crippen LogP contribution in [0.15, 0.2) is 212 Å². The second kappa shape index (κ2) is 13.7. The van der Waals surface area contributed by atoms with Crippen LogP contribution in [0.2, 0.25) is 0 Å². The maximum absolute atomic E-state index is 2.42. The van der Waals surface area contributed by atoms with Crippen molar-refractivity contribution in [3.05, 3.63) is 212 Å². The van der Waals surface area contributed by atoms with E-state index in [1.54, 1.807) is 0 Å². The van der Waals surface area contributed by atoms with Gasteiger partial charge in [0.15, 0.2) is 0 Å². The lowest BCUT2D eigenvalue weighted by Crippen LogP contribution is -2.11. The quantitative estimate of drug-likeness (QED) is 0.160. The van der Waals surface area contributed by atoms with Crippen LogP contribution in [0.4, 0.5) is 17.1 Å². The summed E-state index contributed by atoms with van der Waals surface area (Å²) in [6, 6.07) is 77.2. The van der Waals surface area contributed by atoms with Crippen molar-refractivity contribution >= 4 is 59.3 Å². The topological polar surface area (TPSA) is 3.24 Å². The molecule has 0 aliphatic heterocycles. The van der Waals surface area contributed by atoms with Gasteiger partial charge in [-0.3, -0.25) is 0 Å². The summed E-state index contributed by atoms with van der Waals surface area (Å²) in [5, 5.41) is 5.13. The maximum atomic E-state index is 2.42. The van der Waals surface area contributed by atoms with E-state index in [-0.39, 0.29) is 0 Å². The third-order valence-corrected chi connectivity index (χ3v) is 11.6. The van der Waals surface area contributed by atoms with Gasteiger partial charge in [0, 0.05) is 37.1 Å². The summed E-state index contributed by atoms with van der Waals surface area (Å²) in [4.78, 5) is 2.42. The molecule has 10 rings (SSSR count). The van der Waals surface area contributed by atoms with Gasteiger partial charge in [-0.2, -0.15) is 0 Å². The maximum Gasteiger partial charge on any atom is 0.0540 e. The summed E-state index contributed by atoms with van der Waals surface area (Å²) < 4.78 is 2.62. The largest absolute Gasteiger partial charge is 0.310 e. The van der Waals surface area contributed by atoms with Crippen LogP contribution in [-0.4, -0.2) is 0 Å². The highest BCUT2D eigenvalue weighted by molar-refractivity contribution is 7.25. The highest BCUT2D eigenvalue weighted by Crippen LogP contribution is 2.45. The van der Waals surface area contributed by atoms with E-state index in [2.05, 4.69) is 217 Å². The molecule has 54 heavy (non-hydrogen) atoms. The van der Waals surface area contributed by atoms with Crippen molar-refractivity contribution in [3.63, 3.8) is 0 Å². The molecule has 9 aromatic carbocycles. The molecule has 0 N–H and O–H groups in total. The lowest BCUT2D eigenvalue weighted by Gasteiger charge is -2.28. The van der Waals surface area contributed by atoms with Gasteiger partial charge in [0.1, 0.15) is 0 Å². The van der Waals surface area contributed by atoms with E-state index in [4.69, 9.17) is 0 Å². The van der Waals surface area contributed by atoms with E-state index in [0.717, 1.165) is 17.1 Å². The van der Waals surface area contributed by atoms with Crippen molar-refractivity contribution in [2.75, 3.05) is 4.90 Å². The molecule has 254 valence electrons. The van der Waals surface area contributed by atoms with Crippen LogP contribution in [0.5, 0.6) is 0 Å². The molecule has 0 radical (unpaired) electrons. The number of rotatable bonds is 7. The van der Waals surface area contributed by atoms with Gasteiger partial charge in [0.25, 0.3) is 0 Å². The number of thiophene rings is 1. The lowest BCUT2D eigenvalue weighted by atomic mass is 9.91. The Balaban J connectivity index is 1.14. The molecule has 0 amide bonds. The number of nitrogens with zero attached hydrogens (tertiary/aromatic N) is 1. The minimum Gasteiger partial charge on any atom is -0.310 e. The number of fused-ring (bicyclic) bond motifs is 4. The summed E-state index contributed by atoms with van der Waals surface area (Å²) >= 11 is 1.86. The molecule has 0 aliphatic carbocycles. The third kappa shape index (κ3) is 5.74. The van der Waals surface area contributed by atoms with Crippen LogP contribution in [0, 0.1) is 0 Å². The van der Waals surface area contributed by atoms with E-state index < -0.39 is 0 Å². The van der Waals surface area contributed by atoms with Crippen LogP contribution >= 0.6 is 11.3 Å². The van der Waals surface area contributed by atoms with Crippen molar-refractivity contribution in [2.45, 2.75) is 0 Å². The first-order chi connectivity index (χ1) is 26.8. The highest BCUT2D eigenvalue weighted by atomic mass is 32.1. The molecule has 10 aromatic rings. The first-order valence-corrected chi connectivity index (χ1v) is 19.2. The molecule has 0 spiro atoms. The van der Waals surface area contributed by atoms with Gasteiger partial charge in [-0.05, 0) is 92.2 Å². The van der Waals surface area contributed by atoms with E-state index in [0.29, 0.717) is 0 Å². The zero-order valence-corrected chi connectivity index (χ0v) is 30.4. The van der Waals surface area contributed by atoms with E-state index >= 15 is 0 Å². The van der Waals surface area contributed by atoms with Crippen LogP contribution in [0.1, 0.15) is 0 Å². The molecule has 1 aromatic heterocycles. The molecule has 0 saturated heterocycles. The van der Waals surface area contributed by atoms with Gasteiger partial charge in [-0.25, -0.2) is 0 Å². The van der Waals surface area contributed by atoms with Crippen LogP contribution < -0.4 is 4.90 Å². The van der Waals surface area contributed by atoms with Crippen LogP contribution in [0.25, 0.3) is 75.5 Å². The first-order valence-electron chi connectivity index (χ1n) is 18.4. The summed E-state index contributed by atoms with van der Waals surface area (Å²) in [6.45, 7) is 0. The summed E-state index contributed by atoms with van der Waals surface area (Å²) in [6.07, 6.45) is 0. The predicted octanol–water partition coefficient (Wildman–Crippen LogP) is 15.3. The lowest BCUT2D eigenvalue weighted by molar-refractivity contribution is 1.28. The Hall–Kier alpha value is -6.74. The Morgan fingerprint density at radius 3 is 1.74 bits per heavy atom. The number of para-hydroxylation sites is 1. The van der Waals surface area contributed by atoms with Gasteiger partial charge in [-0.15, -0.1) is 11.3 Å². The van der Waals surface area contributed by atoms with Gasteiger partial charge < -0.3 is 4.90 Å². The second-order valence-corrected chi connectivity index (χ2v) is 14.8. The average Bonchev–Trinajstić information content (AvgIpc) is 3.62. The molecule has 1 heterocycles. The Kier molecular flexibility index (Phi) is 8.09. The Morgan fingerprint density at radius 1 is 0.296 bits per heavy atom. The molecular formula is C52H35NS. The van der Waals surface area contributed by atoms with Gasteiger partial charge in [0.05, 0.1) is 5.69 Å². The monoisotopic (exact) mass is 705 g/mol. The van der Waals surface area contributed by atoms with Crippen molar-refractivity contribution < 1.29 is 0 Å². The fourth-order valence-electron chi connectivity index (χ4n) is 7.91. The van der Waals surface area contributed by atoms with Gasteiger partial charge in [0.2, 0.25) is 0 Å². The first kappa shape index (κ1) is 32.0. The fraction of sp³-hybridized carbons (Fsp3) is 0. The number of benzene rings is 9. The molecule has 1 nitrogen and oxygen atoms in total. The van der Waals surface area contributed by atoms with Crippen molar-refractivity contribution in [2.24, 2.45) is 0 Å². The molecule has 0 unspecified atom stereocenters. The molecule has 0 atom stereocenters. The Bertz CT molecular complexity index is 2930. The number of hydrogen-bond acceptors (Lipinski definition) is 2. The Morgan fingerprint density at radius 2 is 0.870 bits per heavy atom. The normalized spacial score (nSPS) is 11.3. The molecule has 0 fully saturated rings. The minimum absolute atomic E-state index is 1.10. The number of hydrogen-bond donors (Lipinski definition) is 0. The van der Waals surface area contributed by atoms with E-state index in [1.807, 2.05) is 11.3 Å². The molecule has 0 bridgehead atoms. The third-order valence-electron chi connectivity index (χ3n) is 10.5. The highest BCUT2D eigenvalue weighted by Gasteiger charge is 2.19. The predicted molar refractivity (Wildman–Crippen MR) is 233 cm³/mol. The summed E-state index contributed by atoms with van der Waals surface area (Å²) in [7, 11) is 0. The number of anilines is 3. The average molecular weight is 706 g/mol. The summed E-state index contributed by atoms with van der Waals surface area (Å²) in [5.74, 6) is 0. The van der Waals surface area contributed by atoms with Crippen molar-refractivity contribution in [1.29, 1.82) is 0 Å². The zero-order chi connectivity index (χ0) is 35.8. The van der Waals surface area contributed by atoms with Crippen molar-refractivity contribution in [1.82, 2.24) is 0 Å². The molecule has 0 aliphatic rings. The molecular weight excluding hydrogens is 671 g/mol. The zero-order valence-electron chi connectivity index (χ0n) is 29.6. The van der Waals surface area contributed by atoms with E-state index in [9.17, 15) is 0 Å². The van der Waals surface area contributed by atoms with Gasteiger partial charge in [-0.1, -0.05) is 170 Å². The van der Waals surface area contributed by atoms with Gasteiger partial charge >= 0.3 is 0 Å². The molecule has 2 heteroatoms. The minimum atomic E-state index is 1.10. The second-order valence-electron chi connectivity index (χ2n) is 13.7. The smallest absolute Gasteiger partial charge is 0.0540 e. The standard InChI is InChI=1S/C52H35NS/c1-2-14-36(15-3-1)37-28-31-41(32-29-37)53(50-26-10-8-22-45(50)40-30-33-49-48-24-9-11-27-51(48)54-52(49)35-40)42-19-12-18-39(34-42)44-21-6-7-23-46(44)47-25-13-17-38-16-4-5-20-43(38)47/h1-35H.